The van der Waals surface area contributed by atoms with Gasteiger partial charge >= 0.3 is 0 Å². The van der Waals surface area contributed by atoms with Crippen LogP contribution < -0.4 is 5.32 Å². The van der Waals surface area contributed by atoms with E-state index in [1.54, 1.807) is 0 Å². The van der Waals surface area contributed by atoms with Gasteiger partial charge in [0.2, 0.25) is 0 Å². The van der Waals surface area contributed by atoms with Gasteiger partial charge in [-0.15, -0.1) is 0 Å². The molecule has 0 aromatic carbocycles. The number of amides is 1. The number of carbonyl (C=O) groups excluding carboxylic acids is 1. The molecule has 0 aromatic rings. The smallest absolute Gasteiger partial charge is 0.251 e. The van der Waals surface area contributed by atoms with E-state index < -0.39 is 0 Å². The molecule has 2 fully saturated rings. The van der Waals surface area contributed by atoms with Gasteiger partial charge in [0.25, 0.3) is 5.91 Å². The average Bonchev–Trinajstić information content (AvgIpc) is 2.67. The molecule has 2 heterocycles. The molecule has 19 heavy (non-hydrogen) atoms. The number of rotatable bonds is 5. The lowest BCUT2D eigenvalue weighted by molar-refractivity contribution is -0.143. The first-order chi connectivity index (χ1) is 9.06. The Labute approximate surface area is 116 Å². The maximum absolute atomic E-state index is 12.4. The highest BCUT2D eigenvalue weighted by Crippen LogP contribution is 2.21. The van der Waals surface area contributed by atoms with E-state index in [-0.39, 0.29) is 12.0 Å². The fourth-order valence-corrected chi connectivity index (χ4v) is 2.95. The minimum Gasteiger partial charge on any atom is -0.369 e. The quantitative estimate of drug-likeness (QED) is 0.826. The Kier molecular flexibility index (Phi) is 5.22. The predicted molar refractivity (Wildman–Crippen MR) is 76.0 cm³/mol. The number of hydrogen-bond acceptors (Lipinski definition) is 3. The third-order valence-electron chi connectivity index (χ3n) is 4.25. The van der Waals surface area contributed by atoms with Gasteiger partial charge in [-0.2, -0.15) is 0 Å². The number of hydrogen-bond donors (Lipinski definition) is 1. The lowest BCUT2D eigenvalue weighted by Crippen LogP contribution is -2.44. The van der Waals surface area contributed by atoms with E-state index in [2.05, 4.69) is 19.2 Å². The van der Waals surface area contributed by atoms with Crippen LogP contribution in [0, 0.1) is 5.92 Å². The number of fused-ring (bicyclic) bond motifs is 2. The Morgan fingerprint density at radius 3 is 2.74 bits per heavy atom. The molecular weight excluding hydrogens is 240 g/mol. The summed E-state index contributed by atoms with van der Waals surface area (Å²) < 4.78 is 5.68. The van der Waals surface area contributed by atoms with Gasteiger partial charge in [-0.1, -0.05) is 13.8 Å². The van der Waals surface area contributed by atoms with Crippen molar-refractivity contribution in [1.82, 2.24) is 10.2 Å². The van der Waals surface area contributed by atoms with Gasteiger partial charge < -0.3 is 15.0 Å². The minimum atomic E-state index is -0.296. The first-order valence-corrected chi connectivity index (χ1v) is 7.72. The summed E-state index contributed by atoms with van der Waals surface area (Å²) in [5.41, 5.74) is 0. The first-order valence-electron chi connectivity index (χ1n) is 7.72. The summed E-state index contributed by atoms with van der Waals surface area (Å²) in [4.78, 5) is 14.4. The molecule has 1 amide bonds. The van der Waals surface area contributed by atoms with Gasteiger partial charge in [0.1, 0.15) is 6.10 Å². The second-order valence-corrected chi connectivity index (χ2v) is 6.41. The molecule has 0 radical (unpaired) electrons. The van der Waals surface area contributed by atoms with Crippen LogP contribution in [0.1, 0.15) is 46.5 Å². The normalized spacial score (nSPS) is 28.5. The Morgan fingerprint density at radius 2 is 2.00 bits per heavy atom. The van der Waals surface area contributed by atoms with Crippen LogP contribution in [-0.2, 0) is 9.53 Å². The second kappa shape index (κ2) is 6.71. The molecule has 1 N–H and O–H groups in total. The molecule has 4 nitrogen and oxygen atoms in total. The molecule has 110 valence electrons. The van der Waals surface area contributed by atoms with Gasteiger partial charge in [-0.3, -0.25) is 4.79 Å². The van der Waals surface area contributed by atoms with E-state index in [1.165, 1.54) is 12.8 Å². The van der Waals surface area contributed by atoms with E-state index >= 15 is 0 Å². The van der Waals surface area contributed by atoms with Gasteiger partial charge in [0.15, 0.2) is 0 Å². The van der Waals surface area contributed by atoms with Gasteiger partial charge in [-0.25, -0.2) is 0 Å². The van der Waals surface area contributed by atoms with Crippen molar-refractivity contribution >= 4 is 5.91 Å². The highest BCUT2D eigenvalue weighted by atomic mass is 16.5. The Balaban J connectivity index is 1.78. The van der Waals surface area contributed by atoms with Crippen LogP contribution in [0.5, 0.6) is 0 Å². The van der Waals surface area contributed by atoms with Crippen LogP contribution in [0.4, 0.5) is 0 Å². The van der Waals surface area contributed by atoms with Gasteiger partial charge in [0, 0.05) is 31.8 Å². The van der Waals surface area contributed by atoms with Crippen molar-refractivity contribution in [3.63, 3.8) is 0 Å². The summed E-state index contributed by atoms with van der Waals surface area (Å²) in [7, 11) is 0. The van der Waals surface area contributed by atoms with Crippen molar-refractivity contribution in [3.8, 4) is 0 Å². The summed E-state index contributed by atoms with van der Waals surface area (Å²) in [5, 5.41) is 3.60. The zero-order valence-electron chi connectivity index (χ0n) is 12.5. The molecule has 3 unspecified atom stereocenters. The summed E-state index contributed by atoms with van der Waals surface area (Å²) in [5.74, 6) is 0.790. The standard InChI is InChI=1S/C15H28N2O2/c1-11(2)7-9-19-12(3)15(18)17-8-6-13-4-5-14(10-17)16-13/h11-14,16H,4-10H2,1-3H3. The molecule has 0 saturated carbocycles. The summed E-state index contributed by atoms with van der Waals surface area (Å²) in [6.07, 6.45) is 4.28. The zero-order valence-corrected chi connectivity index (χ0v) is 12.5. The fourth-order valence-electron chi connectivity index (χ4n) is 2.95. The molecule has 4 heteroatoms. The molecule has 2 aliphatic rings. The minimum absolute atomic E-state index is 0.165. The molecule has 2 aliphatic heterocycles. The monoisotopic (exact) mass is 268 g/mol. The van der Waals surface area contributed by atoms with Crippen LogP contribution in [0.15, 0.2) is 0 Å². The maximum Gasteiger partial charge on any atom is 0.251 e. The van der Waals surface area contributed by atoms with E-state index in [0.717, 1.165) is 25.9 Å². The Hall–Kier alpha value is -0.610. The number of ether oxygens (including phenoxy) is 1. The average molecular weight is 268 g/mol. The highest BCUT2D eigenvalue weighted by molar-refractivity contribution is 5.80. The van der Waals surface area contributed by atoms with Crippen LogP contribution in [0.2, 0.25) is 0 Å². The molecular formula is C15H28N2O2. The molecule has 0 aromatic heterocycles. The lowest BCUT2D eigenvalue weighted by Gasteiger charge is -2.27. The number of likely N-dealkylation sites (tertiary alicyclic amines) is 1. The maximum atomic E-state index is 12.4. The van der Waals surface area contributed by atoms with Gasteiger partial charge in [0.05, 0.1) is 0 Å². The third-order valence-corrected chi connectivity index (χ3v) is 4.25. The van der Waals surface area contributed by atoms with E-state index in [0.29, 0.717) is 24.6 Å². The van der Waals surface area contributed by atoms with Crippen molar-refractivity contribution in [1.29, 1.82) is 0 Å². The van der Waals surface area contributed by atoms with Crippen molar-refractivity contribution in [2.75, 3.05) is 19.7 Å². The van der Waals surface area contributed by atoms with Crippen LogP contribution >= 0.6 is 0 Å². The van der Waals surface area contributed by atoms with Crippen molar-refractivity contribution < 1.29 is 9.53 Å². The predicted octanol–water partition coefficient (Wildman–Crippen LogP) is 1.79. The van der Waals surface area contributed by atoms with E-state index in [1.807, 2.05) is 11.8 Å². The first kappa shape index (κ1) is 14.8. The SMILES string of the molecule is CC(C)CCOC(C)C(=O)N1CCC2CCC(C1)N2. The zero-order chi connectivity index (χ0) is 13.8. The molecule has 0 spiro atoms. The molecule has 2 bridgehead atoms. The van der Waals surface area contributed by atoms with Gasteiger partial charge in [-0.05, 0) is 38.5 Å². The summed E-state index contributed by atoms with van der Waals surface area (Å²) in [6.45, 7) is 8.65. The molecule has 2 rings (SSSR count). The Bertz CT molecular complexity index is 307. The second-order valence-electron chi connectivity index (χ2n) is 6.41. The van der Waals surface area contributed by atoms with E-state index in [9.17, 15) is 4.79 Å². The molecule has 0 aliphatic carbocycles. The molecule has 3 atom stereocenters. The number of carbonyl (C=O) groups is 1. The lowest BCUT2D eigenvalue weighted by atomic mass is 10.1. The topological polar surface area (TPSA) is 41.6 Å². The molecule has 2 saturated heterocycles. The summed E-state index contributed by atoms with van der Waals surface area (Å²) >= 11 is 0. The van der Waals surface area contributed by atoms with Crippen molar-refractivity contribution in [2.45, 2.75) is 64.6 Å². The van der Waals surface area contributed by atoms with Crippen LogP contribution in [-0.4, -0.2) is 48.7 Å². The highest BCUT2D eigenvalue weighted by Gasteiger charge is 2.32. The van der Waals surface area contributed by atoms with Crippen molar-refractivity contribution in [3.05, 3.63) is 0 Å². The largest absolute Gasteiger partial charge is 0.369 e. The fraction of sp³-hybridized carbons (Fsp3) is 0.933. The van der Waals surface area contributed by atoms with Crippen LogP contribution in [0.25, 0.3) is 0 Å². The van der Waals surface area contributed by atoms with Crippen molar-refractivity contribution in [2.24, 2.45) is 5.92 Å². The summed E-state index contributed by atoms with van der Waals surface area (Å²) in [6, 6.07) is 1.12. The van der Waals surface area contributed by atoms with Crippen LogP contribution in [0.3, 0.4) is 0 Å². The van der Waals surface area contributed by atoms with E-state index in [4.69, 9.17) is 4.74 Å². The Morgan fingerprint density at radius 1 is 1.26 bits per heavy atom. The number of nitrogens with zero attached hydrogens (tertiary/aromatic N) is 1. The third kappa shape index (κ3) is 4.18. The number of nitrogens with one attached hydrogen (secondary N) is 1.